The SMILES string of the molecule is CCCCCCC(=O)Oc1ccccc1OC(=O)C(C)CC. The molecular formula is C18H26O4. The Bertz CT molecular complexity index is 482. The fourth-order valence-electron chi connectivity index (χ4n) is 1.86. The molecule has 0 amide bonds. The molecule has 4 heteroatoms. The molecule has 0 aliphatic heterocycles. The monoisotopic (exact) mass is 306 g/mol. The van der Waals surface area contributed by atoms with Crippen molar-refractivity contribution >= 4 is 11.9 Å². The highest BCUT2D eigenvalue weighted by Gasteiger charge is 2.17. The molecule has 0 fully saturated rings. The zero-order valence-electron chi connectivity index (χ0n) is 13.8. The summed E-state index contributed by atoms with van der Waals surface area (Å²) in [4.78, 5) is 23.7. The molecule has 122 valence electrons. The standard InChI is InChI=1S/C18H26O4/c1-4-6-7-8-13-17(19)21-15-11-9-10-12-16(15)22-18(20)14(3)5-2/h9-12,14H,4-8,13H2,1-3H3. The first kappa shape index (κ1) is 18.2. The van der Waals surface area contributed by atoms with Gasteiger partial charge in [0.25, 0.3) is 0 Å². The van der Waals surface area contributed by atoms with Crippen LogP contribution < -0.4 is 9.47 Å². The van der Waals surface area contributed by atoms with Gasteiger partial charge in [0.1, 0.15) is 0 Å². The zero-order chi connectivity index (χ0) is 16.4. The van der Waals surface area contributed by atoms with Crippen LogP contribution in [0.5, 0.6) is 11.5 Å². The molecule has 1 rings (SSSR count). The molecule has 0 N–H and O–H groups in total. The van der Waals surface area contributed by atoms with Crippen molar-refractivity contribution in [1.82, 2.24) is 0 Å². The highest BCUT2D eigenvalue weighted by molar-refractivity contribution is 5.77. The molecule has 4 nitrogen and oxygen atoms in total. The van der Waals surface area contributed by atoms with E-state index in [-0.39, 0.29) is 17.9 Å². The summed E-state index contributed by atoms with van der Waals surface area (Å²) in [6, 6.07) is 6.78. The average molecular weight is 306 g/mol. The summed E-state index contributed by atoms with van der Waals surface area (Å²) in [5.41, 5.74) is 0. The molecule has 1 aromatic carbocycles. The first-order valence-electron chi connectivity index (χ1n) is 8.09. The van der Waals surface area contributed by atoms with Crippen LogP contribution in [0.2, 0.25) is 0 Å². The molecule has 0 aromatic heterocycles. The van der Waals surface area contributed by atoms with Gasteiger partial charge >= 0.3 is 11.9 Å². The molecular weight excluding hydrogens is 280 g/mol. The molecule has 0 bridgehead atoms. The van der Waals surface area contributed by atoms with E-state index in [0.29, 0.717) is 24.3 Å². The van der Waals surface area contributed by atoms with Gasteiger partial charge in [-0.1, -0.05) is 52.2 Å². The first-order chi connectivity index (χ1) is 10.6. The van der Waals surface area contributed by atoms with Crippen LogP contribution in [0.4, 0.5) is 0 Å². The normalized spacial score (nSPS) is 11.8. The van der Waals surface area contributed by atoms with Gasteiger partial charge < -0.3 is 9.47 Å². The van der Waals surface area contributed by atoms with E-state index in [1.807, 2.05) is 13.8 Å². The Morgan fingerprint density at radius 3 is 2.23 bits per heavy atom. The van der Waals surface area contributed by atoms with Gasteiger partial charge in [0, 0.05) is 6.42 Å². The number of benzene rings is 1. The lowest BCUT2D eigenvalue weighted by Gasteiger charge is -2.12. The molecule has 0 saturated carbocycles. The lowest BCUT2D eigenvalue weighted by atomic mass is 10.1. The van der Waals surface area contributed by atoms with Crippen LogP contribution in [0, 0.1) is 5.92 Å². The van der Waals surface area contributed by atoms with Gasteiger partial charge in [-0.3, -0.25) is 9.59 Å². The summed E-state index contributed by atoms with van der Waals surface area (Å²) < 4.78 is 10.6. The van der Waals surface area contributed by atoms with Crippen molar-refractivity contribution in [2.75, 3.05) is 0 Å². The van der Waals surface area contributed by atoms with Crippen LogP contribution in [0.15, 0.2) is 24.3 Å². The number of hydrogen-bond donors (Lipinski definition) is 0. The Kier molecular flexibility index (Phi) is 8.26. The van der Waals surface area contributed by atoms with Crippen LogP contribution in [0.1, 0.15) is 59.3 Å². The van der Waals surface area contributed by atoms with E-state index in [9.17, 15) is 9.59 Å². The van der Waals surface area contributed by atoms with E-state index < -0.39 is 0 Å². The average Bonchev–Trinajstić information content (AvgIpc) is 2.52. The summed E-state index contributed by atoms with van der Waals surface area (Å²) >= 11 is 0. The Hall–Kier alpha value is -1.84. The van der Waals surface area contributed by atoms with Crippen LogP contribution in [-0.4, -0.2) is 11.9 Å². The summed E-state index contributed by atoms with van der Waals surface area (Å²) in [7, 11) is 0. The maximum absolute atomic E-state index is 11.9. The number of ether oxygens (including phenoxy) is 2. The molecule has 1 atom stereocenters. The minimum atomic E-state index is -0.311. The number of unbranched alkanes of at least 4 members (excludes halogenated alkanes) is 3. The molecule has 22 heavy (non-hydrogen) atoms. The molecule has 0 aliphatic rings. The van der Waals surface area contributed by atoms with Crippen LogP contribution in [0.3, 0.4) is 0 Å². The maximum atomic E-state index is 11.9. The summed E-state index contributed by atoms with van der Waals surface area (Å²) in [6.45, 7) is 5.86. The van der Waals surface area contributed by atoms with Gasteiger partial charge in [-0.25, -0.2) is 0 Å². The van der Waals surface area contributed by atoms with E-state index in [1.54, 1.807) is 24.3 Å². The Balaban J connectivity index is 2.60. The summed E-state index contributed by atoms with van der Waals surface area (Å²) in [5, 5.41) is 0. The van der Waals surface area contributed by atoms with Gasteiger partial charge in [-0.2, -0.15) is 0 Å². The minimum absolute atomic E-state index is 0.183. The van der Waals surface area contributed by atoms with E-state index in [4.69, 9.17) is 9.47 Å². The van der Waals surface area contributed by atoms with Crippen molar-refractivity contribution < 1.29 is 19.1 Å². The minimum Gasteiger partial charge on any atom is -0.423 e. The van der Waals surface area contributed by atoms with E-state index in [1.165, 1.54) is 0 Å². The van der Waals surface area contributed by atoms with Crippen molar-refractivity contribution in [3.63, 3.8) is 0 Å². The van der Waals surface area contributed by atoms with Crippen molar-refractivity contribution in [3.8, 4) is 11.5 Å². The largest absolute Gasteiger partial charge is 0.423 e. The van der Waals surface area contributed by atoms with Crippen molar-refractivity contribution in [2.45, 2.75) is 59.3 Å². The molecule has 0 heterocycles. The third-order valence-corrected chi connectivity index (χ3v) is 3.53. The zero-order valence-corrected chi connectivity index (χ0v) is 13.8. The number of esters is 2. The smallest absolute Gasteiger partial charge is 0.314 e. The second-order valence-electron chi connectivity index (χ2n) is 5.46. The Labute approximate surface area is 132 Å². The first-order valence-corrected chi connectivity index (χ1v) is 8.09. The Morgan fingerprint density at radius 2 is 1.64 bits per heavy atom. The van der Waals surface area contributed by atoms with E-state index in [0.717, 1.165) is 25.7 Å². The molecule has 0 radical (unpaired) electrons. The maximum Gasteiger partial charge on any atom is 0.314 e. The highest BCUT2D eigenvalue weighted by Crippen LogP contribution is 2.28. The lowest BCUT2D eigenvalue weighted by Crippen LogP contribution is -2.18. The van der Waals surface area contributed by atoms with Crippen molar-refractivity contribution in [1.29, 1.82) is 0 Å². The lowest BCUT2D eigenvalue weighted by molar-refractivity contribution is -0.139. The fourth-order valence-corrected chi connectivity index (χ4v) is 1.86. The molecule has 0 aliphatic carbocycles. The number of para-hydroxylation sites is 2. The number of rotatable bonds is 9. The second-order valence-corrected chi connectivity index (χ2v) is 5.46. The Morgan fingerprint density at radius 1 is 1.00 bits per heavy atom. The third-order valence-electron chi connectivity index (χ3n) is 3.53. The quantitative estimate of drug-likeness (QED) is 0.382. The van der Waals surface area contributed by atoms with Crippen LogP contribution >= 0.6 is 0 Å². The number of hydrogen-bond acceptors (Lipinski definition) is 4. The van der Waals surface area contributed by atoms with Crippen LogP contribution in [0.25, 0.3) is 0 Å². The highest BCUT2D eigenvalue weighted by atomic mass is 16.6. The van der Waals surface area contributed by atoms with Gasteiger partial charge in [0.05, 0.1) is 5.92 Å². The topological polar surface area (TPSA) is 52.6 Å². The number of carbonyl (C=O) groups is 2. The fraction of sp³-hybridized carbons (Fsp3) is 0.556. The molecule has 0 saturated heterocycles. The van der Waals surface area contributed by atoms with Gasteiger partial charge in [-0.05, 0) is 25.0 Å². The molecule has 1 unspecified atom stereocenters. The molecule has 1 aromatic rings. The van der Waals surface area contributed by atoms with Gasteiger partial charge in [0.15, 0.2) is 11.5 Å². The predicted molar refractivity (Wildman–Crippen MR) is 85.9 cm³/mol. The van der Waals surface area contributed by atoms with Gasteiger partial charge in [-0.15, -0.1) is 0 Å². The predicted octanol–water partition coefficient (Wildman–Crippen LogP) is 4.51. The summed E-state index contributed by atoms with van der Waals surface area (Å²) in [5.74, 6) is -0.177. The van der Waals surface area contributed by atoms with Crippen molar-refractivity contribution in [3.05, 3.63) is 24.3 Å². The second kappa shape index (κ2) is 9.98. The van der Waals surface area contributed by atoms with Gasteiger partial charge in [0.2, 0.25) is 0 Å². The number of carbonyl (C=O) groups excluding carboxylic acids is 2. The van der Waals surface area contributed by atoms with E-state index >= 15 is 0 Å². The van der Waals surface area contributed by atoms with E-state index in [2.05, 4.69) is 6.92 Å². The summed E-state index contributed by atoms with van der Waals surface area (Å²) in [6.07, 6.45) is 5.18. The molecule has 0 spiro atoms. The third kappa shape index (κ3) is 6.29. The van der Waals surface area contributed by atoms with Crippen LogP contribution in [-0.2, 0) is 9.59 Å². The van der Waals surface area contributed by atoms with Crippen molar-refractivity contribution in [2.24, 2.45) is 5.92 Å².